The van der Waals surface area contributed by atoms with Gasteiger partial charge in [0, 0.05) is 11.9 Å². The van der Waals surface area contributed by atoms with Crippen molar-refractivity contribution in [3.8, 4) is 0 Å². The van der Waals surface area contributed by atoms with E-state index in [0.717, 1.165) is 5.69 Å². The largest absolute Gasteiger partial charge is 0.481 e. The molecule has 1 aliphatic heterocycles. The molecular formula is C9H12N2O3. The monoisotopic (exact) mass is 196 g/mol. The van der Waals surface area contributed by atoms with Crippen LogP contribution in [-0.4, -0.2) is 34.1 Å². The van der Waals surface area contributed by atoms with Gasteiger partial charge in [-0.2, -0.15) is 5.10 Å². The molecule has 1 aromatic heterocycles. The Hall–Kier alpha value is -1.36. The molecule has 1 fully saturated rings. The zero-order chi connectivity index (χ0) is 9.97. The predicted molar refractivity (Wildman–Crippen MR) is 48.0 cm³/mol. The lowest BCUT2D eigenvalue weighted by Crippen LogP contribution is -2.32. The van der Waals surface area contributed by atoms with Gasteiger partial charge >= 0.3 is 5.97 Å². The number of hydrogen-bond acceptors (Lipinski definition) is 3. The Bertz CT molecular complexity index is 331. The van der Waals surface area contributed by atoms with E-state index in [9.17, 15) is 4.79 Å². The fourth-order valence-electron chi connectivity index (χ4n) is 1.47. The van der Waals surface area contributed by atoms with Gasteiger partial charge in [-0.15, -0.1) is 0 Å². The number of carboxylic acids is 1. The zero-order valence-electron chi connectivity index (χ0n) is 7.72. The fraction of sp³-hybridized carbons (Fsp3) is 0.556. The lowest BCUT2D eigenvalue weighted by molar-refractivity contribution is -0.137. The van der Waals surface area contributed by atoms with Crippen LogP contribution in [0, 0.1) is 0 Å². The van der Waals surface area contributed by atoms with Gasteiger partial charge in [0.2, 0.25) is 0 Å². The van der Waals surface area contributed by atoms with Crippen molar-refractivity contribution >= 4 is 5.97 Å². The van der Waals surface area contributed by atoms with Gasteiger partial charge in [-0.25, -0.2) is 0 Å². The second-order valence-electron chi connectivity index (χ2n) is 3.35. The van der Waals surface area contributed by atoms with Crippen molar-refractivity contribution in [2.24, 2.45) is 0 Å². The molecule has 1 N–H and O–H groups in total. The third kappa shape index (κ3) is 1.77. The quantitative estimate of drug-likeness (QED) is 0.760. The van der Waals surface area contributed by atoms with Gasteiger partial charge in [0.15, 0.2) is 0 Å². The molecule has 0 aliphatic carbocycles. The lowest BCUT2D eigenvalue weighted by atomic mass is 10.2. The average molecular weight is 196 g/mol. The number of aromatic nitrogens is 2. The third-order valence-corrected chi connectivity index (χ3v) is 2.31. The maximum atomic E-state index is 10.4. The minimum atomic E-state index is -0.775. The van der Waals surface area contributed by atoms with E-state index in [-0.39, 0.29) is 6.42 Å². The number of rotatable bonds is 4. The van der Waals surface area contributed by atoms with Crippen LogP contribution in [-0.2, 0) is 16.0 Å². The standard InChI is InChI=1S/C9H12N2O3/c12-9(13)2-1-7-3-4-10-11(7)8-5-14-6-8/h3-4,8H,1-2,5-6H2,(H,12,13). The zero-order valence-corrected chi connectivity index (χ0v) is 7.72. The Morgan fingerprint density at radius 3 is 3.07 bits per heavy atom. The summed E-state index contributed by atoms with van der Waals surface area (Å²) in [6.07, 6.45) is 2.39. The number of nitrogens with zero attached hydrogens (tertiary/aromatic N) is 2. The maximum absolute atomic E-state index is 10.4. The predicted octanol–water partition coefficient (Wildman–Crippen LogP) is 0.472. The van der Waals surface area contributed by atoms with Crippen LogP contribution in [0.3, 0.4) is 0 Å². The average Bonchev–Trinajstić information content (AvgIpc) is 2.46. The highest BCUT2D eigenvalue weighted by Gasteiger charge is 2.22. The van der Waals surface area contributed by atoms with Crippen LogP contribution in [0.5, 0.6) is 0 Å². The van der Waals surface area contributed by atoms with Crippen LogP contribution in [0.1, 0.15) is 18.2 Å². The van der Waals surface area contributed by atoms with Gasteiger partial charge in [0.25, 0.3) is 0 Å². The van der Waals surface area contributed by atoms with E-state index >= 15 is 0 Å². The number of carbonyl (C=O) groups is 1. The molecule has 1 saturated heterocycles. The summed E-state index contributed by atoms with van der Waals surface area (Å²) in [6, 6.07) is 2.16. The van der Waals surface area contributed by atoms with Crippen molar-refractivity contribution in [2.45, 2.75) is 18.9 Å². The number of aryl methyl sites for hydroxylation is 1. The van der Waals surface area contributed by atoms with E-state index in [1.807, 2.05) is 10.7 Å². The van der Waals surface area contributed by atoms with Crippen LogP contribution in [0.25, 0.3) is 0 Å². The Kier molecular flexibility index (Phi) is 2.49. The molecule has 1 aliphatic rings. The Morgan fingerprint density at radius 2 is 2.50 bits per heavy atom. The number of carboxylic acid groups (broad SMARTS) is 1. The highest BCUT2D eigenvalue weighted by atomic mass is 16.5. The van der Waals surface area contributed by atoms with Gasteiger partial charge < -0.3 is 9.84 Å². The first kappa shape index (κ1) is 9.21. The van der Waals surface area contributed by atoms with E-state index in [4.69, 9.17) is 9.84 Å². The van der Waals surface area contributed by atoms with Crippen LogP contribution in [0.15, 0.2) is 12.3 Å². The second-order valence-corrected chi connectivity index (χ2v) is 3.35. The van der Waals surface area contributed by atoms with Crippen molar-refractivity contribution in [2.75, 3.05) is 13.2 Å². The summed E-state index contributed by atoms with van der Waals surface area (Å²) in [4.78, 5) is 10.4. The smallest absolute Gasteiger partial charge is 0.303 e. The molecular weight excluding hydrogens is 184 g/mol. The molecule has 1 aromatic rings. The molecule has 0 bridgehead atoms. The molecule has 76 valence electrons. The number of hydrogen-bond donors (Lipinski definition) is 1. The van der Waals surface area contributed by atoms with Gasteiger partial charge in [-0.05, 0) is 12.5 Å². The summed E-state index contributed by atoms with van der Waals surface area (Å²) in [6.45, 7) is 1.36. The summed E-state index contributed by atoms with van der Waals surface area (Å²) in [5.74, 6) is -0.775. The van der Waals surface area contributed by atoms with E-state index in [2.05, 4.69) is 5.10 Å². The van der Waals surface area contributed by atoms with Crippen LogP contribution in [0.4, 0.5) is 0 Å². The summed E-state index contributed by atoms with van der Waals surface area (Å²) in [5.41, 5.74) is 0.973. The highest BCUT2D eigenvalue weighted by Crippen LogP contribution is 2.18. The number of aliphatic carboxylic acids is 1. The first-order chi connectivity index (χ1) is 6.77. The number of ether oxygens (including phenoxy) is 1. The Morgan fingerprint density at radius 1 is 1.71 bits per heavy atom. The highest BCUT2D eigenvalue weighted by molar-refractivity contribution is 5.66. The molecule has 0 spiro atoms. The summed E-state index contributed by atoms with van der Waals surface area (Å²) in [5, 5.41) is 12.7. The normalized spacial score (nSPS) is 16.6. The second kappa shape index (κ2) is 3.79. The van der Waals surface area contributed by atoms with Crippen LogP contribution < -0.4 is 0 Å². The van der Waals surface area contributed by atoms with Gasteiger partial charge in [0.1, 0.15) is 0 Å². The first-order valence-electron chi connectivity index (χ1n) is 4.59. The van der Waals surface area contributed by atoms with Crippen molar-refractivity contribution in [1.29, 1.82) is 0 Å². The van der Waals surface area contributed by atoms with Gasteiger partial charge in [-0.1, -0.05) is 0 Å². The van der Waals surface area contributed by atoms with E-state index < -0.39 is 5.97 Å². The molecule has 0 atom stereocenters. The van der Waals surface area contributed by atoms with Crippen molar-refractivity contribution < 1.29 is 14.6 Å². The summed E-state index contributed by atoms with van der Waals surface area (Å²) >= 11 is 0. The van der Waals surface area contributed by atoms with Gasteiger partial charge in [-0.3, -0.25) is 9.48 Å². The SMILES string of the molecule is O=C(O)CCc1ccnn1C1COC1. The molecule has 5 heteroatoms. The van der Waals surface area contributed by atoms with E-state index in [1.165, 1.54) is 0 Å². The van der Waals surface area contributed by atoms with E-state index in [0.29, 0.717) is 25.7 Å². The van der Waals surface area contributed by atoms with Gasteiger partial charge in [0.05, 0.1) is 25.7 Å². The van der Waals surface area contributed by atoms with Crippen molar-refractivity contribution in [3.05, 3.63) is 18.0 Å². The Labute approximate surface area is 81.3 Å². The van der Waals surface area contributed by atoms with Crippen molar-refractivity contribution in [1.82, 2.24) is 9.78 Å². The Balaban J connectivity index is 2.01. The molecule has 2 heterocycles. The van der Waals surface area contributed by atoms with Crippen LogP contribution in [0.2, 0.25) is 0 Å². The third-order valence-electron chi connectivity index (χ3n) is 2.31. The molecule has 0 amide bonds. The first-order valence-corrected chi connectivity index (χ1v) is 4.59. The molecule has 0 unspecified atom stereocenters. The minimum Gasteiger partial charge on any atom is -0.481 e. The summed E-state index contributed by atoms with van der Waals surface area (Å²) in [7, 11) is 0. The maximum Gasteiger partial charge on any atom is 0.303 e. The molecule has 5 nitrogen and oxygen atoms in total. The topological polar surface area (TPSA) is 64.3 Å². The fourth-order valence-corrected chi connectivity index (χ4v) is 1.47. The summed E-state index contributed by atoms with van der Waals surface area (Å²) < 4.78 is 6.93. The minimum absolute atomic E-state index is 0.152. The molecule has 14 heavy (non-hydrogen) atoms. The molecule has 0 saturated carbocycles. The van der Waals surface area contributed by atoms with Crippen molar-refractivity contribution in [3.63, 3.8) is 0 Å². The molecule has 0 aromatic carbocycles. The molecule has 2 rings (SSSR count). The molecule has 0 radical (unpaired) electrons. The van der Waals surface area contributed by atoms with E-state index in [1.54, 1.807) is 6.20 Å². The lowest BCUT2D eigenvalue weighted by Gasteiger charge is -2.27. The van der Waals surface area contributed by atoms with Crippen LogP contribution >= 0.6 is 0 Å².